The lowest BCUT2D eigenvalue weighted by atomic mass is 9.94. The molecule has 2 atom stereocenters. The van der Waals surface area contributed by atoms with Crippen LogP contribution in [0.25, 0.3) is 10.2 Å². The molecule has 5 rings (SSSR count). The third kappa shape index (κ3) is 2.92. The minimum absolute atomic E-state index is 0.0237. The second-order valence-corrected chi connectivity index (χ2v) is 8.32. The fourth-order valence-corrected chi connectivity index (χ4v) is 4.91. The van der Waals surface area contributed by atoms with Crippen molar-refractivity contribution < 1.29 is 9.59 Å². The Balaban J connectivity index is 1.60. The number of amides is 2. The van der Waals surface area contributed by atoms with E-state index in [1.54, 1.807) is 11.3 Å². The van der Waals surface area contributed by atoms with Gasteiger partial charge in [0, 0.05) is 31.2 Å². The van der Waals surface area contributed by atoms with Crippen molar-refractivity contribution in [3.63, 3.8) is 0 Å². The van der Waals surface area contributed by atoms with Gasteiger partial charge in [-0.15, -0.1) is 11.3 Å². The molecule has 3 aliphatic rings. The lowest BCUT2D eigenvalue weighted by Crippen LogP contribution is -2.48. The van der Waals surface area contributed by atoms with E-state index >= 15 is 0 Å². The van der Waals surface area contributed by atoms with Gasteiger partial charge < -0.3 is 9.80 Å². The topological polar surface area (TPSA) is 53.5 Å². The van der Waals surface area contributed by atoms with E-state index in [1.807, 2.05) is 34.9 Å². The van der Waals surface area contributed by atoms with Crippen molar-refractivity contribution in [3.8, 4) is 0 Å². The van der Waals surface area contributed by atoms with E-state index in [-0.39, 0.29) is 23.8 Å². The molecule has 132 valence electrons. The Bertz CT molecular complexity index is 831. The molecule has 2 amide bonds. The molecule has 3 fully saturated rings. The zero-order valence-electron chi connectivity index (χ0n) is 14.7. The molecule has 1 aromatic carbocycles. The number of hydrogen-bond acceptors (Lipinski definition) is 4. The van der Waals surface area contributed by atoms with E-state index in [1.165, 1.54) is 0 Å². The van der Waals surface area contributed by atoms with Gasteiger partial charge in [0.05, 0.1) is 21.1 Å². The monoisotopic (exact) mass is 357 g/mol. The fraction of sp³-hybridized carbons (Fsp3) is 0.526. The van der Waals surface area contributed by atoms with Crippen LogP contribution >= 0.6 is 11.3 Å². The Hall–Kier alpha value is -1.95. The van der Waals surface area contributed by atoms with Crippen molar-refractivity contribution in [1.82, 2.24) is 14.8 Å². The lowest BCUT2D eigenvalue weighted by Gasteiger charge is -2.35. The summed E-state index contributed by atoms with van der Waals surface area (Å²) in [7, 11) is 0. The predicted octanol–water partition coefficient (Wildman–Crippen LogP) is 3.08. The number of carbonyl (C=O) groups is 2. The summed E-state index contributed by atoms with van der Waals surface area (Å²) in [6.07, 6.45) is 2.87. The van der Waals surface area contributed by atoms with Crippen LogP contribution in [0.5, 0.6) is 0 Å². The van der Waals surface area contributed by atoms with Gasteiger partial charge in [0.15, 0.2) is 0 Å². The maximum Gasteiger partial charge on any atom is 0.254 e. The highest BCUT2D eigenvalue weighted by Crippen LogP contribution is 2.30. The number of benzene rings is 1. The molecule has 6 heteroatoms. The summed E-state index contributed by atoms with van der Waals surface area (Å²) in [4.78, 5) is 34.1. The molecule has 0 aliphatic carbocycles. The molecule has 3 saturated heterocycles. The van der Waals surface area contributed by atoms with Gasteiger partial charge >= 0.3 is 0 Å². The van der Waals surface area contributed by atoms with Gasteiger partial charge in [-0.1, -0.05) is 6.92 Å². The Morgan fingerprint density at radius 3 is 2.96 bits per heavy atom. The molecule has 2 bridgehead atoms. The number of rotatable bonds is 3. The van der Waals surface area contributed by atoms with Crippen molar-refractivity contribution in [1.29, 1.82) is 0 Å². The van der Waals surface area contributed by atoms with Gasteiger partial charge in [-0.2, -0.15) is 0 Å². The molecule has 0 unspecified atom stereocenters. The van der Waals surface area contributed by atoms with Crippen LogP contribution in [0.1, 0.15) is 41.6 Å². The molecule has 5 nitrogen and oxygen atoms in total. The van der Waals surface area contributed by atoms with Gasteiger partial charge in [0.2, 0.25) is 5.91 Å². The summed E-state index contributed by atoms with van der Waals surface area (Å²) in [5, 5.41) is 1.01. The van der Waals surface area contributed by atoms with E-state index in [0.717, 1.165) is 41.0 Å². The zero-order valence-corrected chi connectivity index (χ0v) is 15.5. The van der Waals surface area contributed by atoms with Crippen LogP contribution in [0.15, 0.2) is 18.2 Å². The lowest BCUT2D eigenvalue weighted by molar-refractivity contribution is -0.139. The average Bonchev–Trinajstić information content (AvgIpc) is 2.77. The molecule has 0 radical (unpaired) electrons. The van der Waals surface area contributed by atoms with Crippen molar-refractivity contribution in [3.05, 3.63) is 28.8 Å². The van der Waals surface area contributed by atoms with Crippen molar-refractivity contribution in [2.45, 2.75) is 39.2 Å². The summed E-state index contributed by atoms with van der Waals surface area (Å²) in [5.74, 6) is 0.217. The highest BCUT2D eigenvalue weighted by Gasteiger charge is 2.41. The smallest absolute Gasteiger partial charge is 0.254 e. The number of thiazole rings is 1. The second-order valence-electron chi connectivity index (χ2n) is 7.09. The third-order valence-electron chi connectivity index (χ3n) is 5.29. The summed E-state index contributed by atoms with van der Waals surface area (Å²) >= 11 is 1.64. The van der Waals surface area contributed by atoms with Crippen molar-refractivity contribution in [2.75, 3.05) is 19.6 Å². The summed E-state index contributed by atoms with van der Waals surface area (Å²) in [6, 6.07) is 5.93. The molecule has 2 aromatic rings. The van der Waals surface area contributed by atoms with Crippen molar-refractivity contribution in [2.24, 2.45) is 5.92 Å². The van der Waals surface area contributed by atoms with Crippen LogP contribution in [0.3, 0.4) is 0 Å². The van der Waals surface area contributed by atoms with Crippen LogP contribution in [-0.4, -0.2) is 52.3 Å². The molecular weight excluding hydrogens is 334 g/mol. The van der Waals surface area contributed by atoms with Gasteiger partial charge in [0.25, 0.3) is 5.91 Å². The van der Waals surface area contributed by atoms with E-state index in [9.17, 15) is 9.59 Å². The fourth-order valence-electron chi connectivity index (χ4n) is 4.10. The molecule has 1 aromatic heterocycles. The van der Waals surface area contributed by atoms with E-state index in [4.69, 9.17) is 0 Å². The van der Waals surface area contributed by atoms with Crippen molar-refractivity contribution >= 4 is 33.4 Å². The molecule has 0 saturated carbocycles. The molecule has 4 heterocycles. The van der Waals surface area contributed by atoms with Crippen LogP contribution in [0.2, 0.25) is 0 Å². The number of nitrogens with zero attached hydrogens (tertiary/aromatic N) is 3. The predicted molar refractivity (Wildman–Crippen MR) is 98.8 cm³/mol. The quantitative estimate of drug-likeness (QED) is 0.848. The maximum absolute atomic E-state index is 13.1. The van der Waals surface area contributed by atoms with E-state index in [2.05, 4.69) is 11.9 Å². The van der Waals surface area contributed by atoms with Gasteiger partial charge in [-0.3, -0.25) is 9.59 Å². The third-order valence-corrected chi connectivity index (χ3v) is 6.24. The maximum atomic E-state index is 13.1. The Morgan fingerprint density at radius 2 is 2.16 bits per heavy atom. The Kier molecular flexibility index (Phi) is 4.23. The number of aromatic nitrogens is 1. The Labute approximate surface area is 151 Å². The highest BCUT2D eigenvalue weighted by molar-refractivity contribution is 7.18. The van der Waals surface area contributed by atoms with Gasteiger partial charge in [0.1, 0.15) is 0 Å². The standard InChI is InChI=1S/C19H23N3O2S/c1-3-8-22-15-6-4-14(19(22)24)10-21(11-15)18(23)13-5-7-17-16(9-13)20-12(2)25-17/h5,7,9,14-15H,3-4,6,8,10-11H2,1-2H3/t14-,15+/m0/s1. The minimum Gasteiger partial charge on any atom is -0.338 e. The van der Waals surface area contributed by atoms with Gasteiger partial charge in [-0.05, 0) is 44.4 Å². The minimum atomic E-state index is -0.0421. The molecule has 0 spiro atoms. The molecule has 0 N–H and O–H groups in total. The number of hydrogen-bond donors (Lipinski definition) is 0. The highest BCUT2D eigenvalue weighted by atomic mass is 32.1. The molecule has 25 heavy (non-hydrogen) atoms. The average molecular weight is 357 g/mol. The number of carbonyl (C=O) groups excluding carboxylic acids is 2. The summed E-state index contributed by atoms with van der Waals surface area (Å²) in [6.45, 7) is 6.07. The Morgan fingerprint density at radius 1 is 1.32 bits per heavy atom. The zero-order chi connectivity index (χ0) is 17.6. The summed E-state index contributed by atoms with van der Waals surface area (Å²) in [5.41, 5.74) is 1.56. The molecular formula is C19H23N3O2S. The number of fused-ring (bicyclic) bond motifs is 5. The van der Waals surface area contributed by atoms with E-state index < -0.39 is 0 Å². The first kappa shape index (κ1) is 16.5. The van der Waals surface area contributed by atoms with Gasteiger partial charge in [-0.25, -0.2) is 4.98 Å². The van der Waals surface area contributed by atoms with Crippen LogP contribution in [0, 0.1) is 12.8 Å². The SMILES string of the molecule is CCCN1C(=O)[C@H]2CC[C@@H]1CN(C(=O)c1ccc3sc(C)nc3c1)C2. The van der Waals surface area contributed by atoms with Crippen LogP contribution in [-0.2, 0) is 4.79 Å². The van der Waals surface area contributed by atoms with E-state index in [0.29, 0.717) is 18.7 Å². The first-order valence-corrected chi connectivity index (χ1v) is 9.85. The summed E-state index contributed by atoms with van der Waals surface area (Å²) < 4.78 is 1.11. The normalized spacial score (nSPS) is 23.4. The largest absolute Gasteiger partial charge is 0.338 e. The first-order valence-electron chi connectivity index (χ1n) is 9.03. The number of piperidine rings is 1. The molecule has 3 aliphatic heterocycles. The van der Waals surface area contributed by atoms with Crippen LogP contribution in [0.4, 0.5) is 0 Å². The first-order chi connectivity index (χ1) is 12.1. The number of aryl methyl sites for hydroxylation is 1. The van der Waals surface area contributed by atoms with Crippen LogP contribution < -0.4 is 0 Å². The second kappa shape index (κ2) is 6.41.